The first-order valence-electron chi connectivity index (χ1n) is 6.39. The van der Waals surface area contributed by atoms with E-state index in [1.165, 1.54) is 0 Å². The van der Waals surface area contributed by atoms with Gasteiger partial charge in [-0.2, -0.15) is 10.2 Å². The minimum Gasteiger partial charge on any atom is -0.496 e. The van der Waals surface area contributed by atoms with Crippen LogP contribution in [0.3, 0.4) is 0 Å². The second kappa shape index (κ2) is 5.29. The summed E-state index contributed by atoms with van der Waals surface area (Å²) in [6, 6.07) is 3.97. The van der Waals surface area contributed by atoms with Crippen LogP contribution in [0.1, 0.15) is 22.3 Å². The first kappa shape index (κ1) is 14.6. The molecule has 0 aliphatic heterocycles. The molecule has 0 saturated carbocycles. The fourth-order valence-electron chi connectivity index (χ4n) is 2.42. The maximum Gasteiger partial charge on any atom is 0.222 e. The van der Waals surface area contributed by atoms with Crippen molar-refractivity contribution >= 4 is 11.8 Å². The minimum absolute atomic E-state index is 0.0482. The summed E-state index contributed by atoms with van der Waals surface area (Å²) < 4.78 is 5.40. The second-order valence-electron chi connectivity index (χ2n) is 4.83. The Labute approximate surface area is 123 Å². The van der Waals surface area contributed by atoms with Gasteiger partial charge in [-0.25, -0.2) is 4.98 Å². The van der Waals surface area contributed by atoms with Gasteiger partial charge in [-0.15, -0.1) is 0 Å². The van der Waals surface area contributed by atoms with Gasteiger partial charge in [-0.1, -0.05) is 0 Å². The molecule has 2 rings (SSSR count). The molecule has 0 saturated heterocycles. The highest BCUT2D eigenvalue weighted by molar-refractivity contribution is 5.77. The largest absolute Gasteiger partial charge is 0.496 e. The van der Waals surface area contributed by atoms with Crippen LogP contribution in [0.5, 0.6) is 5.75 Å². The van der Waals surface area contributed by atoms with Gasteiger partial charge >= 0.3 is 0 Å². The predicted octanol–water partition coefficient (Wildman–Crippen LogP) is 2.11. The van der Waals surface area contributed by atoms with Crippen LogP contribution in [0.2, 0.25) is 0 Å². The van der Waals surface area contributed by atoms with Gasteiger partial charge in [0.25, 0.3) is 0 Å². The molecule has 2 aromatic rings. The van der Waals surface area contributed by atoms with E-state index in [0.717, 1.165) is 28.0 Å². The van der Waals surface area contributed by atoms with Gasteiger partial charge in [-0.3, -0.25) is 0 Å². The molecule has 0 atom stereocenters. The molecule has 0 unspecified atom stereocenters. The van der Waals surface area contributed by atoms with E-state index in [-0.39, 0.29) is 17.3 Å². The SMILES string of the molecule is COc1c(C)cc(-c2nc(N)nc(N)c2C#N)c(C)c1C. The van der Waals surface area contributed by atoms with Crippen molar-refractivity contribution in [2.45, 2.75) is 20.8 Å². The zero-order chi connectivity index (χ0) is 15.7. The third-order valence-corrected chi connectivity index (χ3v) is 3.55. The number of nitrogen functional groups attached to an aromatic ring is 2. The molecule has 6 heteroatoms. The number of anilines is 2. The molecule has 1 aromatic heterocycles. The number of aromatic nitrogens is 2. The topological polar surface area (TPSA) is 111 Å². The van der Waals surface area contributed by atoms with E-state index < -0.39 is 0 Å². The molecular weight excluding hydrogens is 266 g/mol. The Kier molecular flexibility index (Phi) is 3.68. The number of aryl methyl sites for hydroxylation is 1. The summed E-state index contributed by atoms with van der Waals surface area (Å²) in [5.41, 5.74) is 15.8. The number of methoxy groups -OCH3 is 1. The lowest BCUT2D eigenvalue weighted by molar-refractivity contribution is 0.408. The maximum atomic E-state index is 9.31. The van der Waals surface area contributed by atoms with E-state index in [9.17, 15) is 5.26 Å². The zero-order valence-electron chi connectivity index (χ0n) is 12.5. The van der Waals surface area contributed by atoms with Crippen LogP contribution in [0.4, 0.5) is 11.8 Å². The fourth-order valence-corrected chi connectivity index (χ4v) is 2.42. The standard InChI is InChI=1S/C15H17N5O/c1-7-5-10(8(2)9(3)13(7)21-4)12-11(6-16)14(17)20-15(18)19-12/h5H,1-4H3,(H4,17,18,19,20). The Hall–Kier alpha value is -2.81. The summed E-state index contributed by atoms with van der Waals surface area (Å²) >= 11 is 0. The average Bonchev–Trinajstić information content (AvgIpc) is 2.42. The van der Waals surface area contributed by atoms with E-state index in [1.807, 2.05) is 32.9 Å². The molecule has 4 N–H and O–H groups in total. The van der Waals surface area contributed by atoms with Gasteiger partial charge in [-0.05, 0) is 43.5 Å². The predicted molar refractivity (Wildman–Crippen MR) is 81.8 cm³/mol. The van der Waals surface area contributed by atoms with Gasteiger partial charge in [0.1, 0.15) is 23.2 Å². The van der Waals surface area contributed by atoms with Crippen molar-refractivity contribution in [2.24, 2.45) is 0 Å². The molecule has 0 bridgehead atoms. The smallest absolute Gasteiger partial charge is 0.222 e. The van der Waals surface area contributed by atoms with Crippen LogP contribution >= 0.6 is 0 Å². The molecule has 0 amide bonds. The average molecular weight is 283 g/mol. The van der Waals surface area contributed by atoms with Crippen LogP contribution in [0.15, 0.2) is 6.07 Å². The summed E-state index contributed by atoms with van der Waals surface area (Å²) in [7, 11) is 1.63. The summed E-state index contributed by atoms with van der Waals surface area (Å²) in [6.07, 6.45) is 0. The third kappa shape index (κ3) is 2.34. The van der Waals surface area contributed by atoms with Gasteiger partial charge < -0.3 is 16.2 Å². The quantitative estimate of drug-likeness (QED) is 0.873. The van der Waals surface area contributed by atoms with Crippen molar-refractivity contribution in [3.63, 3.8) is 0 Å². The van der Waals surface area contributed by atoms with Gasteiger partial charge in [0.15, 0.2) is 0 Å². The van der Waals surface area contributed by atoms with E-state index in [1.54, 1.807) is 7.11 Å². The van der Waals surface area contributed by atoms with Gasteiger partial charge in [0, 0.05) is 5.56 Å². The summed E-state index contributed by atoms with van der Waals surface area (Å²) in [5.74, 6) is 0.960. The Balaban J connectivity index is 2.84. The molecule has 0 radical (unpaired) electrons. The molecule has 6 nitrogen and oxygen atoms in total. The lowest BCUT2D eigenvalue weighted by Gasteiger charge is -2.16. The number of hydrogen-bond donors (Lipinski definition) is 2. The van der Waals surface area contributed by atoms with Crippen molar-refractivity contribution in [2.75, 3.05) is 18.6 Å². The summed E-state index contributed by atoms with van der Waals surface area (Å²) in [5, 5.41) is 9.31. The Morgan fingerprint density at radius 1 is 1.14 bits per heavy atom. The highest BCUT2D eigenvalue weighted by Crippen LogP contribution is 2.35. The number of nitrogens with zero attached hydrogens (tertiary/aromatic N) is 3. The third-order valence-electron chi connectivity index (χ3n) is 3.55. The van der Waals surface area contributed by atoms with E-state index in [2.05, 4.69) is 9.97 Å². The number of rotatable bonds is 2. The fraction of sp³-hybridized carbons (Fsp3) is 0.267. The molecule has 0 fully saturated rings. The van der Waals surface area contributed by atoms with Crippen molar-refractivity contribution < 1.29 is 4.74 Å². The van der Waals surface area contributed by atoms with Crippen molar-refractivity contribution in [3.05, 3.63) is 28.3 Å². The number of nitrogens with two attached hydrogens (primary N) is 2. The molecule has 1 heterocycles. The summed E-state index contributed by atoms with van der Waals surface area (Å²) in [6.45, 7) is 5.85. The number of ether oxygens (including phenoxy) is 1. The van der Waals surface area contributed by atoms with Crippen molar-refractivity contribution in [1.82, 2.24) is 9.97 Å². The van der Waals surface area contributed by atoms with Crippen molar-refractivity contribution in [3.8, 4) is 23.1 Å². The molecule has 108 valence electrons. The van der Waals surface area contributed by atoms with Crippen molar-refractivity contribution in [1.29, 1.82) is 5.26 Å². The number of hydrogen-bond acceptors (Lipinski definition) is 6. The molecule has 0 aliphatic carbocycles. The van der Waals surface area contributed by atoms with Gasteiger partial charge in [0.05, 0.1) is 12.8 Å². The van der Waals surface area contributed by atoms with Crippen LogP contribution in [0, 0.1) is 32.1 Å². The first-order chi connectivity index (χ1) is 9.90. The van der Waals surface area contributed by atoms with Gasteiger partial charge in [0.2, 0.25) is 5.95 Å². The Morgan fingerprint density at radius 2 is 1.81 bits per heavy atom. The Bertz CT molecular complexity index is 762. The first-order valence-corrected chi connectivity index (χ1v) is 6.39. The number of nitriles is 1. The highest BCUT2D eigenvalue weighted by atomic mass is 16.5. The lowest BCUT2D eigenvalue weighted by Crippen LogP contribution is -2.06. The molecule has 21 heavy (non-hydrogen) atoms. The van der Waals surface area contributed by atoms with Crippen LogP contribution in [-0.4, -0.2) is 17.1 Å². The maximum absolute atomic E-state index is 9.31. The molecule has 1 aromatic carbocycles. The molecular formula is C15H17N5O. The molecule has 0 aliphatic rings. The van der Waals surface area contributed by atoms with E-state index >= 15 is 0 Å². The minimum atomic E-state index is 0.0482. The second-order valence-corrected chi connectivity index (χ2v) is 4.83. The lowest BCUT2D eigenvalue weighted by atomic mass is 9.94. The zero-order valence-corrected chi connectivity index (χ0v) is 12.5. The molecule has 0 spiro atoms. The van der Waals surface area contributed by atoms with Crippen LogP contribution < -0.4 is 16.2 Å². The van der Waals surface area contributed by atoms with E-state index in [4.69, 9.17) is 16.2 Å². The van der Waals surface area contributed by atoms with Crippen LogP contribution in [-0.2, 0) is 0 Å². The normalized spacial score (nSPS) is 10.2. The van der Waals surface area contributed by atoms with Crippen LogP contribution in [0.25, 0.3) is 11.3 Å². The monoisotopic (exact) mass is 283 g/mol. The highest BCUT2D eigenvalue weighted by Gasteiger charge is 2.18. The summed E-state index contributed by atoms with van der Waals surface area (Å²) in [4.78, 5) is 8.03. The Morgan fingerprint density at radius 3 is 2.38 bits per heavy atom. The number of benzene rings is 1. The van der Waals surface area contributed by atoms with E-state index in [0.29, 0.717) is 5.69 Å².